The highest BCUT2D eigenvalue weighted by atomic mass is 32.2. The fourth-order valence-electron chi connectivity index (χ4n) is 2.21. The van der Waals surface area contributed by atoms with Crippen LogP contribution in [0, 0.1) is 11.6 Å². The van der Waals surface area contributed by atoms with Crippen LogP contribution in [-0.2, 0) is 15.0 Å². The zero-order chi connectivity index (χ0) is 15.6. The monoisotopic (exact) mass is 320 g/mol. The molecular weight excluding hydrogens is 306 g/mol. The number of nitrogens with zero attached hydrogens (tertiary/aromatic N) is 1. The molecule has 0 saturated carbocycles. The number of nitrogens with one attached hydrogen (secondary N) is 1. The topological polar surface area (TPSA) is 86.7 Å². The summed E-state index contributed by atoms with van der Waals surface area (Å²) in [6.45, 7) is 0.0368. The Labute approximate surface area is 120 Å². The van der Waals surface area contributed by atoms with Crippen molar-refractivity contribution in [2.75, 3.05) is 11.3 Å². The smallest absolute Gasteiger partial charge is 0.322 e. The molecule has 0 aromatic heterocycles. The second-order valence-corrected chi connectivity index (χ2v) is 6.32. The van der Waals surface area contributed by atoms with Crippen molar-refractivity contribution in [3.8, 4) is 0 Å². The number of aliphatic carboxylic acids is 1. The molecule has 1 aromatic carbocycles. The Balaban J connectivity index is 2.26. The predicted octanol–water partition coefficient (Wildman–Crippen LogP) is 1.56. The normalized spacial score (nSPS) is 20.2. The van der Waals surface area contributed by atoms with Gasteiger partial charge in [-0.25, -0.2) is 8.78 Å². The summed E-state index contributed by atoms with van der Waals surface area (Å²) >= 11 is 0. The van der Waals surface area contributed by atoms with Crippen molar-refractivity contribution in [1.82, 2.24) is 4.31 Å². The van der Waals surface area contributed by atoms with E-state index in [4.69, 9.17) is 5.11 Å². The van der Waals surface area contributed by atoms with Crippen LogP contribution >= 0.6 is 0 Å². The van der Waals surface area contributed by atoms with E-state index >= 15 is 0 Å². The van der Waals surface area contributed by atoms with Crippen LogP contribution in [0.2, 0.25) is 0 Å². The lowest BCUT2D eigenvalue weighted by Gasteiger charge is -2.31. The lowest BCUT2D eigenvalue weighted by atomic mass is 10.1. The minimum absolute atomic E-state index is 0.0368. The lowest BCUT2D eigenvalue weighted by Crippen LogP contribution is -2.50. The van der Waals surface area contributed by atoms with Crippen LogP contribution < -0.4 is 4.72 Å². The Morgan fingerprint density at radius 1 is 1.33 bits per heavy atom. The number of rotatable bonds is 4. The van der Waals surface area contributed by atoms with Crippen LogP contribution in [0.1, 0.15) is 19.3 Å². The Kier molecular flexibility index (Phi) is 4.43. The third-order valence-corrected chi connectivity index (χ3v) is 4.75. The summed E-state index contributed by atoms with van der Waals surface area (Å²) in [5, 5.41) is 9.07. The van der Waals surface area contributed by atoms with E-state index in [2.05, 4.69) is 0 Å². The average molecular weight is 320 g/mol. The van der Waals surface area contributed by atoms with Gasteiger partial charge in [0, 0.05) is 12.6 Å². The first kappa shape index (κ1) is 15.6. The maximum atomic E-state index is 13.5. The molecule has 1 fully saturated rings. The minimum Gasteiger partial charge on any atom is -0.480 e. The number of carbonyl (C=O) groups is 1. The van der Waals surface area contributed by atoms with Crippen LogP contribution in [0.15, 0.2) is 18.2 Å². The van der Waals surface area contributed by atoms with Gasteiger partial charge in [-0.2, -0.15) is 12.7 Å². The largest absolute Gasteiger partial charge is 0.480 e. The van der Waals surface area contributed by atoms with Crippen molar-refractivity contribution < 1.29 is 27.1 Å². The molecule has 0 bridgehead atoms. The van der Waals surface area contributed by atoms with Gasteiger partial charge in [0.25, 0.3) is 0 Å². The van der Waals surface area contributed by atoms with E-state index in [-0.39, 0.29) is 13.0 Å². The molecule has 1 unspecified atom stereocenters. The van der Waals surface area contributed by atoms with Crippen molar-refractivity contribution in [1.29, 1.82) is 0 Å². The van der Waals surface area contributed by atoms with Gasteiger partial charge >= 0.3 is 16.2 Å². The summed E-state index contributed by atoms with van der Waals surface area (Å²) in [6.07, 6.45) is 1.33. The highest BCUT2D eigenvalue weighted by Gasteiger charge is 2.37. The zero-order valence-electron chi connectivity index (χ0n) is 10.9. The molecular formula is C12H14F2N2O4S. The number of piperidine rings is 1. The van der Waals surface area contributed by atoms with Crippen molar-refractivity contribution in [2.24, 2.45) is 0 Å². The van der Waals surface area contributed by atoms with Gasteiger partial charge in [0.2, 0.25) is 0 Å². The van der Waals surface area contributed by atoms with Gasteiger partial charge in [-0.3, -0.25) is 9.52 Å². The highest BCUT2D eigenvalue weighted by Crippen LogP contribution is 2.23. The van der Waals surface area contributed by atoms with Crippen LogP contribution in [0.3, 0.4) is 0 Å². The van der Waals surface area contributed by atoms with Crippen LogP contribution in [0.25, 0.3) is 0 Å². The molecule has 0 amide bonds. The first-order chi connectivity index (χ1) is 9.81. The van der Waals surface area contributed by atoms with Gasteiger partial charge in [-0.05, 0) is 31.4 Å². The lowest BCUT2D eigenvalue weighted by molar-refractivity contribution is -0.142. The Bertz CT molecular complexity index is 651. The molecule has 2 N–H and O–H groups in total. The predicted molar refractivity (Wildman–Crippen MR) is 70.9 cm³/mol. The van der Waals surface area contributed by atoms with Crippen LogP contribution in [0.4, 0.5) is 14.5 Å². The summed E-state index contributed by atoms with van der Waals surface area (Å²) < 4.78 is 53.5. The molecule has 21 heavy (non-hydrogen) atoms. The molecule has 0 aliphatic carbocycles. The van der Waals surface area contributed by atoms with E-state index in [9.17, 15) is 22.0 Å². The van der Waals surface area contributed by atoms with E-state index in [0.29, 0.717) is 18.9 Å². The van der Waals surface area contributed by atoms with Crippen LogP contribution in [-0.4, -0.2) is 36.4 Å². The summed E-state index contributed by atoms with van der Waals surface area (Å²) in [5.74, 6) is -3.15. The number of hydrogen-bond acceptors (Lipinski definition) is 3. The first-order valence-electron chi connectivity index (χ1n) is 6.29. The fraction of sp³-hybridized carbons (Fsp3) is 0.417. The Hall–Kier alpha value is -1.74. The van der Waals surface area contributed by atoms with E-state index in [1.54, 1.807) is 0 Å². The molecule has 1 aliphatic heterocycles. The van der Waals surface area contributed by atoms with Gasteiger partial charge in [0.1, 0.15) is 17.7 Å². The molecule has 1 aliphatic rings. The van der Waals surface area contributed by atoms with Crippen molar-refractivity contribution in [3.05, 3.63) is 29.8 Å². The third kappa shape index (κ3) is 3.48. The summed E-state index contributed by atoms with van der Waals surface area (Å²) in [5.41, 5.74) is -0.425. The van der Waals surface area contributed by atoms with Gasteiger partial charge in [0.15, 0.2) is 0 Å². The van der Waals surface area contributed by atoms with E-state index in [0.717, 1.165) is 16.4 Å². The zero-order valence-corrected chi connectivity index (χ0v) is 11.7. The fourth-order valence-corrected chi connectivity index (χ4v) is 3.67. The average Bonchev–Trinajstić information content (AvgIpc) is 2.42. The Morgan fingerprint density at radius 2 is 2.05 bits per heavy atom. The molecule has 1 aromatic rings. The van der Waals surface area contributed by atoms with Crippen molar-refractivity contribution in [2.45, 2.75) is 25.3 Å². The van der Waals surface area contributed by atoms with E-state index in [1.807, 2.05) is 4.72 Å². The second-order valence-electron chi connectivity index (χ2n) is 4.69. The summed E-state index contributed by atoms with van der Waals surface area (Å²) in [4.78, 5) is 11.1. The second kappa shape index (κ2) is 5.94. The third-order valence-electron chi connectivity index (χ3n) is 3.22. The van der Waals surface area contributed by atoms with Crippen molar-refractivity contribution >= 4 is 21.9 Å². The summed E-state index contributed by atoms with van der Waals surface area (Å²) in [6, 6.07) is 1.22. The maximum Gasteiger partial charge on any atom is 0.322 e. The summed E-state index contributed by atoms with van der Waals surface area (Å²) in [7, 11) is -4.23. The number of halogens is 2. The highest BCUT2D eigenvalue weighted by molar-refractivity contribution is 7.90. The molecule has 6 nitrogen and oxygen atoms in total. The van der Waals surface area contributed by atoms with Crippen LogP contribution in [0.5, 0.6) is 0 Å². The van der Waals surface area contributed by atoms with Gasteiger partial charge in [-0.1, -0.05) is 0 Å². The van der Waals surface area contributed by atoms with Crippen molar-refractivity contribution in [3.63, 3.8) is 0 Å². The standard InChI is InChI=1S/C12H14F2N2O4S/c13-8-4-5-10(9(14)7-8)15-21(19,20)16-6-2-1-3-11(16)12(17)18/h4-5,7,11,15H,1-3,6H2,(H,17,18). The number of anilines is 1. The molecule has 1 atom stereocenters. The molecule has 0 spiro atoms. The quantitative estimate of drug-likeness (QED) is 0.881. The first-order valence-corrected chi connectivity index (χ1v) is 7.73. The van der Waals surface area contributed by atoms with Gasteiger partial charge in [0.05, 0.1) is 5.69 Å². The number of carboxylic acid groups (broad SMARTS) is 1. The maximum absolute atomic E-state index is 13.5. The molecule has 116 valence electrons. The van der Waals surface area contributed by atoms with E-state index in [1.165, 1.54) is 0 Å². The molecule has 9 heteroatoms. The number of carboxylic acids is 1. The number of benzene rings is 1. The minimum atomic E-state index is -4.23. The van der Waals surface area contributed by atoms with Gasteiger partial charge < -0.3 is 5.11 Å². The number of hydrogen-bond donors (Lipinski definition) is 2. The van der Waals surface area contributed by atoms with E-state index < -0.39 is 39.5 Å². The molecule has 2 rings (SSSR count). The SMILES string of the molecule is O=C(O)C1CCCCN1S(=O)(=O)Nc1ccc(F)cc1F. The Morgan fingerprint density at radius 3 is 2.67 bits per heavy atom. The van der Waals surface area contributed by atoms with Gasteiger partial charge in [-0.15, -0.1) is 0 Å². The molecule has 1 heterocycles. The molecule has 1 saturated heterocycles. The molecule has 0 radical (unpaired) electrons.